The molecule has 134 valence electrons. The summed E-state index contributed by atoms with van der Waals surface area (Å²) < 4.78 is 0. The molecule has 2 N–H and O–H groups in total. The summed E-state index contributed by atoms with van der Waals surface area (Å²) in [4.78, 5) is 24.8. The van der Waals surface area contributed by atoms with Crippen LogP contribution in [0.25, 0.3) is 0 Å². The number of carboxylic acids is 1. The molecule has 3 aliphatic carbocycles. The standard InChI is InChI=1S/C20H30O4/c1-12(2)20(24)9-6-14-13(11-20)15(21)10-16-18(14,3)7-5-8-19(16,4)17(22)23/h11-12,14,16,24H,5-10H2,1-4H3,(H,22,23)/t14-,16-,18-,19-,20-/m1/s1. The smallest absolute Gasteiger partial charge is 0.309 e. The van der Waals surface area contributed by atoms with Crippen molar-refractivity contribution in [2.45, 2.75) is 71.8 Å². The van der Waals surface area contributed by atoms with Gasteiger partial charge in [0, 0.05) is 6.42 Å². The van der Waals surface area contributed by atoms with E-state index >= 15 is 0 Å². The minimum absolute atomic E-state index is 0.0515. The molecule has 24 heavy (non-hydrogen) atoms. The maximum Gasteiger partial charge on any atom is 0.309 e. The number of carbonyl (C=O) groups is 2. The van der Waals surface area contributed by atoms with Gasteiger partial charge in [0.2, 0.25) is 0 Å². The van der Waals surface area contributed by atoms with E-state index in [0.29, 0.717) is 19.3 Å². The lowest BCUT2D eigenvalue weighted by Gasteiger charge is -2.58. The molecule has 3 aliphatic rings. The van der Waals surface area contributed by atoms with Crippen LogP contribution in [0.2, 0.25) is 0 Å². The van der Waals surface area contributed by atoms with E-state index in [1.165, 1.54) is 0 Å². The highest BCUT2D eigenvalue weighted by Crippen LogP contribution is 2.62. The number of ketones is 1. The van der Waals surface area contributed by atoms with Crippen molar-refractivity contribution >= 4 is 11.8 Å². The van der Waals surface area contributed by atoms with E-state index in [-0.39, 0.29) is 29.0 Å². The SMILES string of the molecule is CC(C)[C@]1(O)C=C2C(=O)C[C@@H]3[C@](C)(CCC[C@@]3(C)C(=O)O)[C@@H]2CC1. The maximum absolute atomic E-state index is 12.9. The normalized spacial score (nSPS) is 45.4. The van der Waals surface area contributed by atoms with Gasteiger partial charge in [-0.25, -0.2) is 0 Å². The van der Waals surface area contributed by atoms with E-state index in [1.807, 2.05) is 26.8 Å². The van der Waals surface area contributed by atoms with Gasteiger partial charge in [0.25, 0.3) is 0 Å². The fourth-order valence-electron chi connectivity index (χ4n) is 5.74. The van der Waals surface area contributed by atoms with Crippen molar-refractivity contribution in [3.8, 4) is 0 Å². The number of carbonyl (C=O) groups excluding carboxylic acids is 1. The molecule has 0 heterocycles. The molecule has 0 saturated heterocycles. The van der Waals surface area contributed by atoms with Gasteiger partial charge in [-0.2, -0.15) is 0 Å². The predicted molar refractivity (Wildman–Crippen MR) is 91.4 cm³/mol. The van der Waals surface area contributed by atoms with Gasteiger partial charge in [0.1, 0.15) is 0 Å². The minimum Gasteiger partial charge on any atom is -0.481 e. The maximum atomic E-state index is 12.9. The van der Waals surface area contributed by atoms with Crippen molar-refractivity contribution < 1.29 is 19.8 Å². The van der Waals surface area contributed by atoms with Crippen LogP contribution in [0.1, 0.15) is 66.2 Å². The summed E-state index contributed by atoms with van der Waals surface area (Å²) in [7, 11) is 0. The summed E-state index contributed by atoms with van der Waals surface area (Å²) in [6, 6.07) is 0. The summed E-state index contributed by atoms with van der Waals surface area (Å²) in [5, 5.41) is 20.7. The minimum atomic E-state index is -0.907. The Morgan fingerprint density at radius 2 is 1.92 bits per heavy atom. The van der Waals surface area contributed by atoms with Gasteiger partial charge in [0.15, 0.2) is 5.78 Å². The lowest BCUT2D eigenvalue weighted by molar-refractivity contribution is -0.166. The number of carboxylic acid groups (broad SMARTS) is 1. The molecule has 2 fully saturated rings. The van der Waals surface area contributed by atoms with Crippen molar-refractivity contribution in [3.63, 3.8) is 0 Å². The number of aliphatic carboxylic acids is 1. The van der Waals surface area contributed by atoms with E-state index in [1.54, 1.807) is 0 Å². The molecule has 0 spiro atoms. The molecule has 5 atom stereocenters. The van der Waals surface area contributed by atoms with Crippen molar-refractivity contribution in [2.75, 3.05) is 0 Å². The second kappa shape index (κ2) is 5.42. The number of Topliss-reactive ketones (excluding diaryl/α,β-unsaturated/α-hetero) is 1. The fourth-order valence-corrected chi connectivity index (χ4v) is 5.74. The van der Waals surface area contributed by atoms with E-state index in [0.717, 1.165) is 24.8 Å². The van der Waals surface area contributed by atoms with Crippen LogP contribution >= 0.6 is 0 Å². The predicted octanol–water partition coefficient (Wildman–Crippen LogP) is 3.58. The first-order chi connectivity index (χ1) is 11.0. The number of aliphatic hydroxyl groups is 1. The third-order valence-electron chi connectivity index (χ3n) is 7.59. The molecule has 0 aromatic carbocycles. The summed E-state index contributed by atoms with van der Waals surface area (Å²) in [6.45, 7) is 7.98. The number of rotatable bonds is 2. The number of fused-ring (bicyclic) bond motifs is 3. The Balaban J connectivity index is 2.05. The Morgan fingerprint density at radius 1 is 1.25 bits per heavy atom. The number of hydrogen-bond donors (Lipinski definition) is 2. The van der Waals surface area contributed by atoms with Crippen LogP contribution in [-0.2, 0) is 9.59 Å². The van der Waals surface area contributed by atoms with Gasteiger partial charge in [-0.1, -0.05) is 27.2 Å². The molecule has 4 heteroatoms. The van der Waals surface area contributed by atoms with Crippen LogP contribution in [-0.4, -0.2) is 27.6 Å². The van der Waals surface area contributed by atoms with Crippen LogP contribution in [0.5, 0.6) is 0 Å². The average Bonchev–Trinajstić information content (AvgIpc) is 2.49. The zero-order valence-electron chi connectivity index (χ0n) is 15.3. The molecule has 2 saturated carbocycles. The van der Waals surface area contributed by atoms with Gasteiger partial charge in [-0.15, -0.1) is 0 Å². The monoisotopic (exact) mass is 334 g/mol. The number of hydrogen-bond acceptors (Lipinski definition) is 3. The Bertz CT molecular complexity index is 607. The fraction of sp³-hybridized carbons (Fsp3) is 0.800. The van der Waals surface area contributed by atoms with Gasteiger partial charge in [-0.3, -0.25) is 9.59 Å². The molecule has 0 bridgehead atoms. The average molecular weight is 334 g/mol. The molecule has 4 nitrogen and oxygen atoms in total. The van der Waals surface area contributed by atoms with Crippen LogP contribution < -0.4 is 0 Å². The third kappa shape index (κ3) is 2.29. The van der Waals surface area contributed by atoms with Gasteiger partial charge in [0.05, 0.1) is 11.0 Å². The van der Waals surface area contributed by atoms with Crippen LogP contribution in [0.15, 0.2) is 11.6 Å². The lowest BCUT2D eigenvalue weighted by Crippen LogP contribution is -2.57. The van der Waals surface area contributed by atoms with Gasteiger partial charge < -0.3 is 10.2 Å². The molecule has 0 unspecified atom stereocenters. The second-order valence-corrected chi connectivity index (χ2v) is 9.10. The largest absolute Gasteiger partial charge is 0.481 e. The Kier molecular flexibility index (Phi) is 3.99. The highest BCUT2D eigenvalue weighted by molar-refractivity contribution is 5.98. The van der Waals surface area contributed by atoms with Gasteiger partial charge >= 0.3 is 5.97 Å². The van der Waals surface area contributed by atoms with Gasteiger partial charge in [-0.05, 0) is 67.4 Å². The van der Waals surface area contributed by atoms with Crippen molar-refractivity contribution in [1.29, 1.82) is 0 Å². The Hall–Kier alpha value is -1.16. The first-order valence-electron chi connectivity index (χ1n) is 9.26. The first-order valence-corrected chi connectivity index (χ1v) is 9.26. The second-order valence-electron chi connectivity index (χ2n) is 9.10. The highest BCUT2D eigenvalue weighted by Gasteiger charge is 2.60. The molecular formula is C20H30O4. The molecule has 0 aliphatic heterocycles. The third-order valence-corrected chi connectivity index (χ3v) is 7.59. The lowest BCUT2D eigenvalue weighted by atomic mass is 9.45. The molecular weight excluding hydrogens is 304 g/mol. The first kappa shape index (κ1) is 17.7. The summed E-state index contributed by atoms with van der Waals surface area (Å²) in [5.41, 5.74) is -1.12. The molecule has 0 radical (unpaired) electrons. The summed E-state index contributed by atoms with van der Waals surface area (Å²) >= 11 is 0. The van der Waals surface area contributed by atoms with Crippen molar-refractivity contribution in [3.05, 3.63) is 11.6 Å². The van der Waals surface area contributed by atoms with Crippen molar-refractivity contribution in [1.82, 2.24) is 0 Å². The van der Waals surface area contributed by atoms with E-state index in [9.17, 15) is 19.8 Å². The van der Waals surface area contributed by atoms with E-state index < -0.39 is 17.0 Å². The molecule has 0 amide bonds. The quantitative estimate of drug-likeness (QED) is 0.809. The Morgan fingerprint density at radius 3 is 2.50 bits per heavy atom. The zero-order valence-corrected chi connectivity index (χ0v) is 15.3. The van der Waals surface area contributed by atoms with Crippen LogP contribution in [0, 0.1) is 28.6 Å². The molecule has 3 rings (SSSR count). The summed E-state index contributed by atoms with van der Waals surface area (Å²) in [6.07, 6.45) is 6.06. The highest BCUT2D eigenvalue weighted by atomic mass is 16.4. The molecule has 0 aromatic rings. The van der Waals surface area contributed by atoms with E-state index in [4.69, 9.17) is 0 Å². The summed E-state index contributed by atoms with van der Waals surface area (Å²) in [5.74, 6) is -0.679. The topological polar surface area (TPSA) is 74.6 Å². The Labute approximate surface area is 144 Å². The van der Waals surface area contributed by atoms with E-state index in [2.05, 4.69) is 6.92 Å². The number of allylic oxidation sites excluding steroid dienone is 1. The van der Waals surface area contributed by atoms with Crippen molar-refractivity contribution in [2.24, 2.45) is 28.6 Å². The van der Waals surface area contributed by atoms with Crippen LogP contribution in [0.3, 0.4) is 0 Å². The molecule has 0 aromatic heterocycles. The van der Waals surface area contributed by atoms with Crippen LogP contribution in [0.4, 0.5) is 0 Å². The zero-order chi connectivity index (χ0) is 17.9.